The van der Waals surface area contributed by atoms with Crippen LogP contribution in [-0.2, 0) is 0 Å². The summed E-state index contributed by atoms with van der Waals surface area (Å²) in [5, 5.41) is 8.95. The van der Waals surface area contributed by atoms with Gasteiger partial charge in [0.25, 0.3) is 0 Å². The van der Waals surface area contributed by atoms with E-state index in [2.05, 4.69) is 10.2 Å². The molecule has 0 bridgehead atoms. The van der Waals surface area contributed by atoms with Crippen molar-refractivity contribution in [3.8, 4) is 0 Å². The molecular formula is C14H10ClN3. The lowest BCUT2D eigenvalue weighted by atomic mass is 10.2. The molecule has 0 unspecified atom stereocenters. The van der Waals surface area contributed by atoms with Crippen LogP contribution < -0.4 is 0 Å². The Kier molecular flexibility index (Phi) is 2.82. The highest BCUT2D eigenvalue weighted by atomic mass is 35.5. The molecular weight excluding hydrogens is 246 g/mol. The molecule has 3 aromatic rings. The van der Waals surface area contributed by atoms with Crippen LogP contribution in [0.25, 0.3) is 17.8 Å². The second kappa shape index (κ2) is 4.63. The molecule has 0 aliphatic heterocycles. The van der Waals surface area contributed by atoms with E-state index in [4.69, 9.17) is 11.6 Å². The number of aromatic nitrogens is 3. The van der Waals surface area contributed by atoms with Gasteiger partial charge < -0.3 is 0 Å². The van der Waals surface area contributed by atoms with Gasteiger partial charge in [-0.3, -0.25) is 4.40 Å². The maximum absolute atomic E-state index is 5.84. The van der Waals surface area contributed by atoms with Gasteiger partial charge in [-0.05, 0) is 35.9 Å². The van der Waals surface area contributed by atoms with E-state index in [1.807, 2.05) is 65.2 Å². The van der Waals surface area contributed by atoms with Crippen molar-refractivity contribution in [1.82, 2.24) is 14.6 Å². The number of benzene rings is 1. The van der Waals surface area contributed by atoms with Crippen molar-refractivity contribution < 1.29 is 0 Å². The Labute approximate surface area is 109 Å². The fourth-order valence-corrected chi connectivity index (χ4v) is 1.84. The molecule has 1 aromatic carbocycles. The number of nitrogens with zero attached hydrogens (tertiary/aromatic N) is 3. The van der Waals surface area contributed by atoms with Gasteiger partial charge in [-0.15, -0.1) is 10.2 Å². The first-order valence-corrected chi connectivity index (χ1v) is 5.94. The van der Waals surface area contributed by atoms with Crippen molar-refractivity contribution in [3.63, 3.8) is 0 Å². The fourth-order valence-electron chi connectivity index (χ4n) is 1.72. The molecule has 0 atom stereocenters. The summed E-state index contributed by atoms with van der Waals surface area (Å²) in [5.74, 6) is 0.806. The first-order chi connectivity index (χ1) is 8.83. The molecule has 88 valence electrons. The number of halogens is 1. The van der Waals surface area contributed by atoms with Crippen LogP contribution in [0.5, 0.6) is 0 Å². The van der Waals surface area contributed by atoms with Gasteiger partial charge in [-0.2, -0.15) is 0 Å². The zero-order valence-corrected chi connectivity index (χ0v) is 10.2. The number of hydrogen-bond acceptors (Lipinski definition) is 2. The van der Waals surface area contributed by atoms with Crippen molar-refractivity contribution in [2.24, 2.45) is 0 Å². The molecule has 2 heterocycles. The third kappa shape index (κ3) is 2.13. The van der Waals surface area contributed by atoms with Gasteiger partial charge in [0.1, 0.15) is 0 Å². The second-order valence-electron chi connectivity index (χ2n) is 3.87. The van der Waals surface area contributed by atoms with Gasteiger partial charge in [0.15, 0.2) is 11.5 Å². The summed E-state index contributed by atoms with van der Waals surface area (Å²) < 4.78 is 1.94. The SMILES string of the molecule is Clc1ccc(/C=C/c2nnc3ccccn23)cc1. The maximum Gasteiger partial charge on any atom is 0.161 e. The van der Waals surface area contributed by atoms with E-state index < -0.39 is 0 Å². The molecule has 3 nitrogen and oxygen atoms in total. The number of hydrogen-bond donors (Lipinski definition) is 0. The van der Waals surface area contributed by atoms with Crippen LogP contribution in [0, 0.1) is 0 Å². The Hall–Kier alpha value is -2.13. The summed E-state index contributed by atoms with van der Waals surface area (Å²) in [6.45, 7) is 0. The molecule has 4 heteroatoms. The van der Waals surface area contributed by atoms with Crippen LogP contribution in [0.3, 0.4) is 0 Å². The predicted octanol–water partition coefficient (Wildman–Crippen LogP) is 3.55. The monoisotopic (exact) mass is 255 g/mol. The quantitative estimate of drug-likeness (QED) is 0.701. The van der Waals surface area contributed by atoms with Gasteiger partial charge in [-0.1, -0.05) is 35.9 Å². The highest BCUT2D eigenvalue weighted by molar-refractivity contribution is 6.30. The third-order valence-corrected chi connectivity index (χ3v) is 2.89. The number of pyridine rings is 1. The van der Waals surface area contributed by atoms with E-state index in [0.29, 0.717) is 0 Å². The van der Waals surface area contributed by atoms with Crippen molar-refractivity contribution in [2.75, 3.05) is 0 Å². The lowest BCUT2D eigenvalue weighted by Crippen LogP contribution is -1.85. The maximum atomic E-state index is 5.84. The first-order valence-electron chi connectivity index (χ1n) is 5.56. The molecule has 3 rings (SSSR count). The number of fused-ring (bicyclic) bond motifs is 1. The predicted molar refractivity (Wildman–Crippen MR) is 73.4 cm³/mol. The average Bonchev–Trinajstić information content (AvgIpc) is 2.82. The Morgan fingerprint density at radius 3 is 2.61 bits per heavy atom. The molecule has 0 aliphatic carbocycles. The molecule has 0 N–H and O–H groups in total. The Bertz CT molecular complexity index is 698. The van der Waals surface area contributed by atoms with Gasteiger partial charge in [0.2, 0.25) is 0 Å². The van der Waals surface area contributed by atoms with Crippen LogP contribution >= 0.6 is 11.6 Å². The molecule has 0 aliphatic rings. The van der Waals surface area contributed by atoms with Gasteiger partial charge >= 0.3 is 0 Å². The minimum Gasteiger partial charge on any atom is -0.283 e. The van der Waals surface area contributed by atoms with Gasteiger partial charge in [0, 0.05) is 11.2 Å². The summed E-state index contributed by atoms with van der Waals surface area (Å²) in [6, 6.07) is 13.5. The van der Waals surface area contributed by atoms with E-state index in [9.17, 15) is 0 Å². The molecule has 0 saturated carbocycles. The third-order valence-electron chi connectivity index (χ3n) is 2.63. The molecule has 18 heavy (non-hydrogen) atoms. The van der Waals surface area contributed by atoms with E-state index in [1.165, 1.54) is 0 Å². The van der Waals surface area contributed by atoms with Crippen molar-refractivity contribution in [2.45, 2.75) is 0 Å². The normalized spacial score (nSPS) is 11.4. The van der Waals surface area contributed by atoms with E-state index in [0.717, 1.165) is 22.1 Å². The molecule has 0 saturated heterocycles. The smallest absolute Gasteiger partial charge is 0.161 e. The topological polar surface area (TPSA) is 30.2 Å². The van der Waals surface area contributed by atoms with E-state index >= 15 is 0 Å². The van der Waals surface area contributed by atoms with Gasteiger partial charge in [-0.25, -0.2) is 0 Å². The zero-order chi connectivity index (χ0) is 12.4. The standard InChI is InChI=1S/C14H10ClN3/c15-12-7-4-11(5-8-12)6-9-14-17-16-13-3-1-2-10-18(13)14/h1-10H/b9-6+. The molecule has 0 fully saturated rings. The largest absolute Gasteiger partial charge is 0.283 e. The van der Waals surface area contributed by atoms with Crippen molar-refractivity contribution in [3.05, 3.63) is 65.1 Å². The van der Waals surface area contributed by atoms with Crippen LogP contribution in [0.15, 0.2) is 48.7 Å². The first kappa shape index (κ1) is 11.0. The fraction of sp³-hybridized carbons (Fsp3) is 0. The lowest BCUT2D eigenvalue weighted by molar-refractivity contribution is 1.08. The minimum atomic E-state index is 0.736. The van der Waals surface area contributed by atoms with E-state index in [1.54, 1.807) is 0 Å². The highest BCUT2D eigenvalue weighted by Crippen LogP contribution is 2.12. The summed E-state index contributed by atoms with van der Waals surface area (Å²) in [6.07, 6.45) is 5.86. The number of rotatable bonds is 2. The molecule has 2 aromatic heterocycles. The second-order valence-corrected chi connectivity index (χ2v) is 4.31. The van der Waals surface area contributed by atoms with Crippen LogP contribution in [0.1, 0.15) is 11.4 Å². The summed E-state index contributed by atoms with van der Waals surface area (Å²) in [7, 11) is 0. The molecule has 0 spiro atoms. The van der Waals surface area contributed by atoms with Crippen LogP contribution in [-0.4, -0.2) is 14.6 Å². The molecule has 0 radical (unpaired) electrons. The zero-order valence-electron chi connectivity index (χ0n) is 9.49. The van der Waals surface area contributed by atoms with Crippen molar-refractivity contribution >= 4 is 29.4 Å². The Balaban J connectivity index is 1.94. The average molecular weight is 256 g/mol. The summed E-state index contributed by atoms with van der Waals surface area (Å²) >= 11 is 5.84. The summed E-state index contributed by atoms with van der Waals surface area (Å²) in [4.78, 5) is 0. The van der Waals surface area contributed by atoms with Crippen LogP contribution in [0.4, 0.5) is 0 Å². The highest BCUT2D eigenvalue weighted by Gasteiger charge is 1.99. The van der Waals surface area contributed by atoms with Gasteiger partial charge in [0.05, 0.1) is 0 Å². The van der Waals surface area contributed by atoms with Crippen molar-refractivity contribution in [1.29, 1.82) is 0 Å². The lowest BCUT2D eigenvalue weighted by Gasteiger charge is -1.94. The molecule has 0 amide bonds. The minimum absolute atomic E-state index is 0.736. The summed E-state index contributed by atoms with van der Waals surface area (Å²) in [5.41, 5.74) is 1.92. The Morgan fingerprint density at radius 2 is 1.78 bits per heavy atom. The van der Waals surface area contributed by atoms with E-state index in [-0.39, 0.29) is 0 Å². The van der Waals surface area contributed by atoms with Crippen LogP contribution in [0.2, 0.25) is 5.02 Å². The Morgan fingerprint density at radius 1 is 0.944 bits per heavy atom.